The van der Waals surface area contributed by atoms with Crippen molar-refractivity contribution in [3.8, 4) is 0 Å². The number of amides is 4. The van der Waals surface area contributed by atoms with Gasteiger partial charge in [0, 0.05) is 6.54 Å². The largest absolute Gasteiger partial charge is 0.444 e. The minimum absolute atomic E-state index is 0.144. The fourth-order valence-corrected chi connectivity index (χ4v) is 4.05. The number of ether oxygens (including phenoxy) is 1. The van der Waals surface area contributed by atoms with Crippen LogP contribution >= 0.6 is 0 Å². The molecule has 4 rings (SSSR count). The van der Waals surface area contributed by atoms with Crippen LogP contribution in [-0.4, -0.2) is 75.3 Å². The van der Waals surface area contributed by atoms with E-state index < -0.39 is 35.3 Å². The maximum absolute atomic E-state index is 12.5. The Morgan fingerprint density at radius 3 is 2.68 bits per heavy atom. The second-order valence-corrected chi connectivity index (χ2v) is 8.18. The Hall–Kier alpha value is -2.39. The van der Waals surface area contributed by atoms with Gasteiger partial charge < -0.3 is 9.64 Å². The molecule has 4 amide bonds. The molecule has 136 valence electrons. The number of urea groups is 1. The molecule has 4 heterocycles. The first-order valence-corrected chi connectivity index (χ1v) is 8.43. The van der Waals surface area contributed by atoms with Crippen LogP contribution < -0.4 is 5.32 Å². The molecule has 0 aromatic carbocycles. The minimum atomic E-state index is -1.12. The van der Waals surface area contributed by atoms with Crippen molar-refractivity contribution in [2.45, 2.75) is 63.5 Å². The van der Waals surface area contributed by atoms with Gasteiger partial charge >= 0.3 is 12.1 Å². The average molecular weight is 350 g/mol. The van der Waals surface area contributed by atoms with Crippen LogP contribution in [-0.2, 0) is 9.53 Å². The number of nitrogens with one attached hydrogen (secondary N) is 1. The second kappa shape index (κ2) is 4.83. The molecule has 0 aromatic heterocycles. The summed E-state index contributed by atoms with van der Waals surface area (Å²) in [6.07, 6.45) is -0.310. The molecule has 2 bridgehead atoms. The number of carbonyl (C=O) groups excluding carboxylic acids is 3. The van der Waals surface area contributed by atoms with E-state index in [-0.39, 0.29) is 12.1 Å². The summed E-state index contributed by atoms with van der Waals surface area (Å²) in [6, 6.07) is -0.806. The van der Waals surface area contributed by atoms with Crippen LogP contribution in [0.15, 0.2) is 10.3 Å². The molecule has 1 N–H and O–H groups in total. The number of hydrogen-bond donors (Lipinski definition) is 1. The van der Waals surface area contributed by atoms with Crippen LogP contribution in [0.2, 0.25) is 0 Å². The third kappa shape index (κ3) is 2.26. The molecule has 4 aliphatic heterocycles. The smallest absolute Gasteiger partial charge is 0.410 e. The number of hydrogen-bond acceptors (Lipinski definition) is 7. The Morgan fingerprint density at radius 1 is 1.28 bits per heavy atom. The van der Waals surface area contributed by atoms with Gasteiger partial charge in [-0.05, 0) is 34.1 Å². The van der Waals surface area contributed by atoms with Gasteiger partial charge in [0.2, 0.25) is 0 Å². The lowest BCUT2D eigenvalue weighted by molar-refractivity contribution is -0.132. The molecule has 0 aromatic rings. The van der Waals surface area contributed by atoms with Gasteiger partial charge in [0.15, 0.2) is 11.7 Å². The van der Waals surface area contributed by atoms with Gasteiger partial charge in [0.05, 0.1) is 18.6 Å². The van der Waals surface area contributed by atoms with Gasteiger partial charge in [-0.15, -0.1) is 0 Å². The van der Waals surface area contributed by atoms with Crippen molar-refractivity contribution in [2.24, 2.45) is 10.3 Å². The minimum Gasteiger partial charge on any atom is -0.444 e. The second-order valence-electron chi connectivity index (χ2n) is 8.18. The number of imide groups is 1. The molecule has 0 spiro atoms. The SMILES string of the molecule is CC(C)(C)OC(=O)N1C[C@H]2C[C@@H]1CN1N=NC3(C)C(=O)NC(=O)N2C13. The first-order chi connectivity index (χ1) is 11.6. The number of likely N-dealkylation sites (tertiary alicyclic amines) is 1. The Bertz CT molecular complexity index is 688. The highest BCUT2D eigenvalue weighted by molar-refractivity contribution is 6.03. The zero-order valence-electron chi connectivity index (χ0n) is 14.7. The maximum Gasteiger partial charge on any atom is 0.410 e. The fraction of sp³-hybridized carbons (Fsp3) is 0.800. The Kier molecular flexibility index (Phi) is 3.11. The van der Waals surface area contributed by atoms with E-state index in [0.29, 0.717) is 19.5 Å². The van der Waals surface area contributed by atoms with E-state index in [1.54, 1.807) is 21.7 Å². The number of fused-ring (bicyclic) bond motifs is 3. The van der Waals surface area contributed by atoms with Gasteiger partial charge in [-0.2, -0.15) is 5.11 Å². The zero-order valence-corrected chi connectivity index (χ0v) is 14.7. The molecule has 2 unspecified atom stereocenters. The lowest BCUT2D eigenvalue weighted by atomic mass is 9.94. The predicted octanol–water partition coefficient (Wildman–Crippen LogP) is 0.697. The summed E-state index contributed by atoms with van der Waals surface area (Å²) in [6.45, 7) is 7.93. The highest BCUT2D eigenvalue weighted by Gasteiger charge is 2.62. The van der Waals surface area contributed by atoms with Gasteiger partial charge in [0.25, 0.3) is 5.91 Å². The number of nitrogens with zero attached hydrogens (tertiary/aromatic N) is 5. The molecule has 0 radical (unpaired) electrons. The standard InChI is InChI=1S/C15H22N6O4/c1-14(2,3)25-13(24)19-6-9-5-8(19)7-20-11-15(4,17-18-20)10(22)16-12(23)21(9)11/h8-9,11H,5-7H2,1-4H3,(H,16,22,23)/t8-,9-,11?,15?/m1/s1. The molecular formula is C15H22N6O4. The van der Waals surface area contributed by atoms with Crippen LogP contribution in [0, 0.1) is 0 Å². The molecule has 10 nitrogen and oxygen atoms in total. The van der Waals surface area contributed by atoms with E-state index in [1.165, 1.54) is 0 Å². The number of rotatable bonds is 0. The quantitative estimate of drug-likeness (QED) is 0.692. The van der Waals surface area contributed by atoms with Crippen LogP contribution in [0.5, 0.6) is 0 Å². The van der Waals surface area contributed by atoms with Gasteiger partial charge in [-0.1, -0.05) is 5.22 Å². The van der Waals surface area contributed by atoms with E-state index in [1.807, 2.05) is 20.8 Å². The summed E-state index contributed by atoms with van der Waals surface area (Å²) in [7, 11) is 0. The normalized spacial score (nSPS) is 36.3. The maximum atomic E-state index is 12.5. The Balaban J connectivity index is 1.64. The van der Waals surface area contributed by atoms with Gasteiger partial charge in [-0.25, -0.2) is 9.59 Å². The van der Waals surface area contributed by atoms with Crippen LogP contribution in [0.1, 0.15) is 34.1 Å². The third-order valence-electron chi connectivity index (χ3n) is 5.14. The molecule has 3 saturated heterocycles. The lowest BCUT2D eigenvalue weighted by Gasteiger charge is -2.45. The molecular weight excluding hydrogens is 328 g/mol. The third-order valence-corrected chi connectivity index (χ3v) is 5.14. The van der Waals surface area contributed by atoms with Crippen LogP contribution in [0.4, 0.5) is 9.59 Å². The van der Waals surface area contributed by atoms with Gasteiger partial charge in [0.1, 0.15) is 5.60 Å². The molecule has 10 heteroatoms. The van der Waals surface area contributed by atoms with E-state index in [0.717, 1.165) is 0 Å². The van der Waals surface area contributed by atoms with Crippen molar-refractivity contribution in [3.63, 3.8) is 0 Å². The summed E-state index contributed by atoms with van der Waals surface area (Å²) < 4.78 is 5.49. The fourth-order valence-electron chi connectivity index (χ4n) is 4.05. The first kappa shape index (κ1) is 16.1. The molecule has 3 fully saturated rings. The Labute approximate surface area is 145 Å². The predicted molar refractivity (Wildman–Crippen MR) is 84.3 cm³/mol. The monoisotopic (exact) mass is 350 g/mol. The van der Waals surface area contributed by atoms with Crippen molar-refractivity contribution in [3.05, 3.63) is 0 Å². The average Bonchev–Trinajstić information content (AvgIpc) is 2.96. The molecule has 4 aliphatic rings. The van der Waals surface area contributed by atoms with Crippen molar-refractivity contribution in [2.75, 3.05) is 13.1 Å². The van der Waals surface area contributed by atoms with E-state index in [9.17, 15) is 14.4 Å². The summed E-state index contributed by atoms with van der Waals surface area (Å²) in [4.78, 5) is 40.6. The highest BCUT2D eigenvalue weighted by Crippen LogP contribution is 2.41. The molecule has 25 heavy (non-hydrogen) atoms. The summed E-state index contributed by atoms with van der Waals surface area (Å²) in [5, 5.41) is 12.3. The molecule has 0 aliphatic carbocycles. The lowest BCUT2D eigenvalue weighted by Crippen LogP contribution is -2.72. The summed E-state index contributed by atoms with van der Waals surface area (Å²) in [5.41, 5.74) is -1.71. The summed E-state index contributed by atoms with van der Waals surface area (Å²) >= 11 is 0. The van der Waals surface area contributed by atoms with Crippen LogP contribution in [0.3, 0.4) is 0 Å². The van der Waals surface area contributed by atoms with E-state index in [4.69, 9.17) is 4.74 Å². The van der Waals surface area contributed by atoms with Crippen molar-refractivity contribution >= 4 is 18.0 Å². The highest BCUT2D eigenvalue weighted by atomic mass is 16.6. The Morgan fingerprint density at radius 2 is 2.00 bits per heavy atom. The zero-order chi connectivity index (χ0) is 18.1. The topological polar surface area (TPSA) is 107 Å². The van der Waals surface area contributed by atoms with E-state index >= 15 is 0 Å². The summed E-state index contributed by atoms with van der Waals surface area (Å²) in [5.74, 6) is -0.438. The van der Waals surface area contributed by atoms with E-state index in [2.05, 4.69) is 15.7 Å². The number of carbonyl (C=O) groups is 3. The van der Waals surface area contributed by atoms with Crippen molar-refractivity contribution in [1.29, 1.82) is 0 Å². The van der Waals surface area contributed by atoms with Gasteiger partial charge in [-0.3, -0.25) is 20.0 Å². The van der Waals surface area contributed by atoms with Crippen molar-refractivity contribution in [1.82, 2.24) is 20.1 Å². The van der Waals surface area contributed by atoms with Crippen LogP contribution in [0.25, 0.3) is 0 Å². The first-order valence-electron chi connectivity index (χ1n) is 8.43. The molecule has 0 saturated carbocycles. The van der Waals surface area contributed by atoms with Crippen molar-refractivity contribution < 1.29 is 19.1 Å². The molecule has 4 atom stereocenters.